The second kappa shape index (κ2) is 7.73. The first-order chi connectivity index (χ1) is 5.31. The van der Waals surface area contributed by atoms with Gasteiger partial charge in [-0.25, -0.2) is 0 Å². The molecule has 0 spiro atoms. The van der Waals surface area contributed by atoms with E-state index >= 15 is 0 Å². The molecule has 0 amide bonds. The van der Waals surface area contributed by atoms with Crippen LogP contribution < -0.4 is 5.32 Å². The predicted octanol–water partition coefficient (Wildman–Crippen LogP) is 1.75. The van der Waals surface area contributed by atoms with Crippen LogP contribution in [-0.4, -0.2) is 18.9 Å². The number of likely N-dealkylation sites (N-methyl/N-ethyl adjacent to an activating group) is 1. The summed E-state index contributed by atoms with van der Waals surface area (Å²) in [6.07, 6.45) is 4.17. The summed E-state index contributed by atoms with van der Waals surface area (Å²) in [5, 5.41) is 3.03. The van der Waals surface area contributed by atoms with Crippen molar-refractivity contribution in [3.8, 4) is 0 Å². The van der Waals surface area contributed by atoms with E-state index in [4.69, 9.17) is 0 Å². The fraction of sp³-hybridized carbons (Fsp3) is 0.889. The Hall–Kier alpha value is -0.370. The van der Waals surface area contributed by atoms with Gasteiger partial charge in [0.2, 0.25) is 0 Å². The zero-order valence-electron chi connectivity index (χ0n) is 7.65. The number of hydrogen-bond acceptors (Lipinski definition) is 2. The van der Waals surface area contributed by atoms with Gasteiger partial charge in [0, 0.05) is 6.42 Å². The van der Waals surface area contributed by atoms with Crippen LogP contribution in [0, 0.1) is 0 Å². The smallest absolute Gasteiger partial charge is 0.146 e. The quantitative estimate of drug-likeness (QED) is 0.570. The monoisotopic (exact) mass is 157 g/mol. The van der Waals surface area contributed by atoms with Crippen LogP contribution in [0.3, 0.4) is 0 Å². The molecule has 0 aliphatic carbocycles. The highest BCUT2D eigenvalue weighted by atomic mass is 16.1. The van der Waals surface area contributed by atoms with Gasteiger partial charge in [0.05, 0.1) is 6.54 Å². The SMILES string of the molecule is CCCCCC(=O)CNCC. The molecule has 0 aromatic carbocycles. The number of ketones is 1. The molecule has 1 N–H and O–H groups in total. The number of carbonyl (C=O) groups excluding carboxylic acids is 1. The summed E-state index contributed by atoms with van der Waals surface area (Å²) in [5.41, 5.74) is 0. The van der Waals surface area contributed by atoms with Crippen LogP contribution in [0.15, 0.2) is 0 Å². The van der Waals surface area contributed by atoms with E-state index < -0.39 is 0 Å². The van der Waals surface area contributed by atoms with Crippen molar-refractivity contribution in [1.82, 2.24) is 5.32 Å². The Balaban J connectivity index is 3.09. The van der Waals surface area contributed by atoms with E-state index in [1.807, 2.05) is 6.92 Å². The molecule has 0 unspecified atom stereocenters. The number of rotatable bonds is 7. The number of nitrogens with one attached hydrogen (secondary N) is 1. The van der Waals surface area contributed by atoms with Crippen molar-refractivity contribution in [1.29, 1.82) is 0 Å². The molecular formula is C9H19NO. The van der Waals surface area contributed by atoms with Gasteiger partial charge in [-0.3, -0.25) is 4.79 Å². The lowest BCUT2D eigenvalue weighted by atomic mass is 10.1. The summed E-state index contributed by atoms with van der Waals surface area (Å²) in [5.74, 6) is 0.348. The molecule has 2 nitrogen and oxygen atoms in total. The molecule has 0 aliphatic rings. The number of carbonyl (C=O) groups is 1. The molecule has 0 heterocycles. The van der Waals surface area contributed by atoms with Crippen molar-refractivity contribution < 1.29 is 4.79 Å². The maximum absolute atomic E-state index is 11.0. The van der Waals surface area contributed by atoms with E-state index in [1.165, 1.54) is 12.8 Å². The van der Waals surface area contributed by atoms with Gasteiger partial charge >= 0.3 is 0 Å². The van der Waals surface area contributed by atoms with E-state index in [0.717, 1.165) is 19.4 Å². The second-order valence-electron chi connectivity index (χ2n) is 2.78. The fourth-order valence-electron chi connectivity index (χ4n) is 0.925. The molecule has 0 rings (SSSR count). The fourth-order valence-corrected chi connectivity index (χ4v) is 0.925. The molecule has 0 saturated heterocycles. The van der Waals surface area contributed by atoms with E-state index in [1.54, 1.807) is 0 Å². The summed E-state index contributed by atoms with van der Waals surface area (Å²) < 4.78 is 0. The average molecular weight is 157 g/mol. The first kappa shape index (κ1) is 10.6. The third-order valence-corrected chi connectivity index (χ3v) is 1.63. The van der Waals surface area contributed by atoms with Crippen LogP contribution in [0.2, 0.25) is 0 Å². The Labute approximate surface area is 69.4 Å². The van der Waals surface area contributed by atoms with Crippen LogP contribution in [0.25, 0.3) is 0 Å². The van der Waals surface area contributed by atoms with Crippen LogP contribution >= 0.6 is 0 Å². The van der Waals surface area contributed by atoms with Gasteiger partial charge in [0.1, 0.15) is 5.78 Å². The summed E-state index contributed by atoms with van der Waals surface area (Å²) in [6.45, 7) is 5.60. The van der Waals surface area contributed by atoms with Gasteiger partial charge in [0.15, 0.2) is 0 Å². The standard InChI is InChI=1S/C9H19NO/c1-3-5-6-7-9(11)8-10-4-2/h10H,3-8H2,1-2H3. The van der Waals surface area contributed by atoms with Gasteiger partial charge in [-0.2, -0.15) is 0 Å². The van der Waals surface area contributed by atoms with Crippen molar-refractivity contribution in [2.24, 2.45) is 0 Å². The van der Waals surface area contributed by atoms with Crippen molar-refractivity contribution in [3.05, 3.63) is 0 Å². The van der Waals surface area contributed by atoms with E-state index in [9.17, 15) is 4.79 Å². The minimum atomic E-state index is 0.348. The first-order valence-electron chi connectivity index (χ1n) is 4.53. The minimum Gasteiger partial charge on any atom is -0.310 e. The zero-order chi connectivity index (χ0) is 8.53. The summed E-state index contributed by atoms with van der Waals surface area (Å²) in [6, 6.07) is 0. The Morgan fingerprint density at radius 2 is 2.00 bits per heavy atom. The Bertz CT molecular complexity index is 102. The van der Waals surface area contributed by atoms with Crippen LogP contribution in [0.1, 0.15) is 39.5 Å². The van der Waals surface area contributed by atoms with Gasteiger partial charge in [-0.05, 0) is 13.0 Å². The van der Waals surface area contributed by atoms with Gasteiger partial charge in [-0.15, -0.1) is 0 Å². The molecule has 2 heteroatoms. The third kappa shape index (κ3) is 7.53. The zero-order valence-corrected chi connectivity index (χ0v) is 7.65. The van der Waals surface area contributed by atoms with E-state index in [0.29, 0.717) is 12.3 Å². The minimum absolute atomic E-state index is 0.348. The molecule has 0 saturated carbocycles. The van der Waals surface area contributed by atoms with Crippen molar-refractivity contribution in [3.63, 3.8) is 0 Å². The number of Topliss-reactive ketones (excluding diaryl/α,β-unsaturated/α-hetero) is 1. The summed E-state index contributed by atoms with van der Waals surface area (Å²) in [7, 11) is 0. The normalized spacial score (nSPS) is 10.0. The molecule has 0 aliphatic heterocycles. The van der Waals surface area contributed by atoms with Gasteiger partial charge in [0.25, 0.3) is 0 Å². The molecular weight excluding hydrogens is 138 g/mol. The van der Waals surface area contributed by atoms with Gasteiger partial charge < -0.3 is 5.32 Å². The largest absolute Gasteiger partial charge is 0.310 e. The molecule has 11 heavy (non-hydrogen) atoms. The lowest BCUT2D eigenvalue weighted by molar-refractivity contribution is -0.118. The molecule has 0 radical (unpaired) electrons. The lowest BCUT2D eigenvalue weighted by Gasteiger charge is -1.99. The average Bonchev–Trinajstić information content (AvgIpc) is 2.01. The highest BCUT2D eigenvalue weighted by molar-refractivity contribution is 5.80. The molecule has 0 aromatic rings. The van der Waals surface area contributed by atoms with Crippen LogP contribution in [0.5, 0.6) is 0 Å². The van der Waals surface area contributed by atoms with Crippen molar-refractivity contribution >= 4 is 5.78 Å². The molecule has 0 bridgehead atoms. The molecule has 0 atom stereocenters. The van der Waals surface area contributed by atoms with Crippen LogP contribution in [0.4, 0.5) is 0 Å². The van der Waals surface area contributed by atoms with Crippen molar-refractivity contribution in [2.75, 3.05) is 13.1 Å². The first-order valence-corrected chi connectivity index (χ1v) is 4.53. The Kier molecular flexibility index (Phi) is 7.47. The van der Waals surface area contributed by atoms with Gasteiger partial charge in [-0.1, -0.05) is 26.7 Å². The summed E-state index contributed by atoms with van der Waals surface area (Å²) >= 11 is 0. The predicted molar refractivity (Wildman–Crippen MR) is 47.7 cm³/mol. The third-order valence-electron chi connectivity index (χ3n) is 1.63. The number of unbranched alkanes of at least 4 members (excludes halogenated alkanes) is 2. The Morgan fingerprint density at radius 1 is 1.27 bits per heavy atom. The molecule has 66 valence electrons. The number of hydrogen-bond donors (Lipinski definition) is 1. The lowest BCUT2D eigenvalue weighted by Crippen LogP contribution is -2.22. The maximum atomic E-state index is 11.0. The summed E-state index contributed by atoms with van der Waals surface area (Å²) in [4.78, 5) is 11.0. The highest BCUT2D eigenvalue weighted by Crippen LogP contribution is 1.98. The Morgan fingerprint density at radius 3 is 2.55 bits per heavy atom. The molecule has 0 fully saturated rings. The van der Waals surface area contributed by atoms with E-state index in [-0.39, 0.29) is 0 Å². The van der Waals surface area contributed by atoms with E-state index in [2.05, 4.69) is 12.2 Å². The molecule has 0 aromatic heterocycles. The second-order valence-corrected chi connectivity index (χ2v) is 2.78. The topological polar surface area (TPSA) is 29.1 Å². The van der Waals surface area contributed by atoms with Crippen molar-refractivity contribution in [2.45, 2.75) is 39.5 Å². The highest BCUT2D eigenvalue weighted by Gasteiger charge is 1.98. The van der Waals surface area contributed by atoms with Crippen LogP contribution in [-0.2, 0) is 4.79 Å². The maximum Gasteiger partial charge on any atom is 0.146 e.